The van der Waals surface area contributed by atoms with Crippen LogP contribution in [0, 0.1) is 0 Å². The summed E-state index contributed by atoms with van der Waals surface area (Å²) in [5.74, 6) is 0. The molecule has 0 saturated carbocycles. The number of ether oxygens (including phenoxy) is 1. The maximum absolute atomic E-state index is 11.4. The van der Waals surface area contributed by atoms with Gasteiger partial charge in [0.05, 0.1) is 13.2 Å². The Kier molecular flexibility index (Phi) is 4.32. The summed E-state index contributed by atoms with van der Waals surface area (Å²) >= 11 is 0. The summed E-state index contributed by atoms with van der Waals surface area (Å²) in [4.78, 5) is 13.1. The molecule has 1 aliphatic heterocycles. The number of allylic oxidation sites excluding steroid dienone is 1. The van der Waals surface area contributed by atoms with Crippen molar-refractivity contribution >= 4 is 6.03 Å². The minimum atomic E-state index is -0.0343. The van der Waals surface area contributed by atoms with Crippen LogP contribution in [0.25, 0.3) is 0 Å². The molecule has 1 heterocycles. The summed E-state index contributed by atoms with van der Waals surface area (Å²) in [6, 6.07) is -0.0343. The molecule has 0 atom stereocenters. The third-order valence-electron chi connectivity index (χ3n) is 1.86. The lowest BCUT2D eigenvalue weighted by Gasteiger charge is -2.26. The summed E-state index contributed by atoms with van der Waals surface area (Å²) < 4.78 is 5.14. The molecule has 0 radical (unpaired) electrons. The minimum absolute atomic E-state index is 0.0343. The number of carbonyl (C=O) groups excluding carboxylic acids is 1. The molecule has 0 bridgehead atoms. The molecule has 0 aromatic rings. The standard InChI is InChI=1S/C9H16N2O2/c1-2-3-4-10-9(12)11-5-7-13-8-6-11/h3-4H,2,5-8H2,1H3,(H,10,12)/b4-3+. The molecule has 13 heavy (non-hydrogen) atoms. The predicted octanol–water partition coefficient (Wildman–Crippen LogP) is 0.952. The van der Waals surface area contributed by atoms with E-state index in [1.54, 1.807) is 11.1 Å². The normalized spacial score (nSPS) is 17.8. The van der Waals surface area contributed by atoms with E-state index in [-0.39, 0.29) is 6.03 Å². The first-order valence-corrected chi connectivity index (χ1v) is 4.62. The Morgan fingerprint density at radius 3 is 2.85 bits per heavy atom. The van der Waals surface area contributed by atoms with Gasteiger partial charge in [0, 0.05) is 19.3 Å². The zero-order chi connectivity index (χ0) is 9.52. The van der Waals surface area contributed by atoms with E-state index in [0.29, 0.717) is 26.3 Å². The molecule has 0 spiro atoms. The molecule has 4 nitrogen and oxygen atoms in total. The van der Waals surface area contributed by atoms with Gasteiger partial charge in [0.2, 0.25) is 0 Å². The SMILES string of the molecule is CC/C=C/NC(=O)N1CCOCC1. The van der Waals surface area contributed by atoms with Crippen LogP contribution in [0.15, 0.2) is 12.3 Å². The van der Waals surface area contributed by atoms with E-state index in [9.17, 15) is 4.79 Å². The molecule has 1 fully saturated rings. The summed E-state index contributed by atoms with van der Waals surface area (Å²) in [7, 11) is 0. The zero-order valence-corrected chi connectivity index (χ0v) is 7.95. The van der Waals surface area contributed by atoms with Crippen molar-refractivity contribution in [3.63, 3.8) is 0 Å². The van der Waals surface area contributed by atoms with Gasteiger partial charge in [0.25, 0.3) is 0 Å². The molecule has 1 saturated heterocycles. The van der Waals surface area contributed by atoms with Crippen molar-refractivity contribution in [2.45, 2.75) is 13.3 Å². The lowest BCUT2D eigenvalue weighted by molar-refractivity contribution is 0.0540. The van der Waals surface area contributed by atoms with E-state index >= 15 is 0 Å². The molecular weight excluding hydrogens is 168 g/mol. The van der Waals surface area contributed by atoms with Crippen molar-refractivity contribution in [3.8, 4) is 0 Å². The highest BCUT2D eigenvalue weighted by Gasteiger charge is 2.14. The Morgan fingerprint density at radius 1 is 1.54 bits per heavy atom. The molecule has 2 amide bonds. The topological polar surface area (TPSA) is 41.6 Å². The minimum Gasteiger partial charge on any atom is -0.378 e. The number of amides is 2. The molecular formula is C9H16N2O2. The molecule has 0 aromatic carbocycles. The first-order valence-electron chi connectivity index (χ1n) is 4.62. The maximum Gasteiger partial charge on any atom is 0.321 e. The van der Waals surface area contributed by atoms with Crippen molar-refractivity contribution in [1.82, 2.24) is 10.2 Å². The van der Waals surface area contributed by atoms with Gasteiger partial charge in [-0.2, -0.15) is 0 Å². The van der Waals surface area contributed by atoms with Crippen LogP contribution in [-0.2, 0) is 4.74 Å². The number of urea groups is 1. The van der Waals surface area contributed by atoms with Crippen LogP contribution in [0.1, 0.15) is 13.3 Å². The van der Waals surface area contributed by atoms with Crippen LogP contribution in [0.5, 0.6) is 0 Å². The van der Waals surface area contributed by atoms with Gasteiger partial charge in [0.1, 0.15) is 0 Å². The van der Waals surface area contributed by atoms with E-state index in [1.165, 1.54) is 0 Å². The fraction of sp³-hybridized carbons (Fsp3) is 0.667. The average molecular weight is 184 g/mol. The highest BCUT2D eigenvalue weighted by atomic mass is 16.5. The van der Waals surface area contributed by atoms with Gasteiger partial charge in [-0.05, 0) is 6.42 Å². The molecule has 1 aliphatic rings. The number of morpholine rings is 1. The number of hydrogen-bond donors (Lipinski definition) is 1. The third kappa shape index (κ3) is 3.46. The van der Waals surface area contributed by atoms with Crippen molar-refractivity contribution in [3.05, 3.63) is 12.3 Å². The second-order valence-corrected chi connectivity index (χ2v) is 2.86. The number of nitrogens with one attached hydrogen (secondary N) is 1. The molecule has 1 N–H and O–H groups in total. The second kappa shape index (κ2) is 5.59. The number of carbonyl (C=O) groups is 1. The summed E-state index contributed by atoms with van der Waals surface area (Å²) in [6.07, 6.45) is 4.54. The maximum atomic E-state index is 11.4. The lowest BCUT2D eigenvalue weighted by Crippen LogP contribution is -2.44. The summed E-state index contributed by atoms with van der Waals surface area (Å²) in [5.41, 5.74) is 0. The molecule has 0 aliphatic carbocycles. The van der Waals surface area contributed by atoms with Gasteiger partial charge < -0.3 is 15.0 Å². The Labute approximate surface area is 78.5 Å². The largest absolute Gasteiger partial charge is 0.378 e. The smallest absolute Gasteiger partial charge is 0.321 e. The Bertz CT molecular complexity index is 186. The van der Waals surface area contributed by atoms with Gasteiger partial charge in [-0.1, -0.05) is 13.0 Å². The van der Waals surface area contributed by atoms with Crippen LogP contribution >= 0.6 is 0 Å². The summed E-state index contributed by atoms with van der Waals surface area (Å²) in [6.45, 7) is 4.69. The zero-order valence-electron chi connectivity index (χ0n) is 7.95. The number of rotatable bonds is 2. The summed E-state index contributed by atoms with van der Waals surface area (Å²) in [5, 5.41) is 2.70. The highest BCUT2D eigenvalue weighted by molar-refractivity contribution is 5.75. The van der Waals surface area contributed by atoms with E-state index in [1.807, 2.05) is 13.0 Å². The molecule has 0 aromatic heterocycles. The van der Waals surface area contributed by atoms with Gasteiger partial charge >= 0.3 is 6.03 Å². The van der Waals surface area contributed by atoms with Gasteiger partial charge in [-0.25, -0.2) is 4.79 Å². The lowest BCUT2D eigenvalue weighted by atomic mass is 10.4. The number of hydrogen-bond acceptors (Lipinski definition) is 2. The second-order valence-electron chi connectivity index (χ2n) is 2.86. The third-order valence-corrected chi connectivity index (χ3v) is 1.86. The van der Waals surface area contributed by atoms with E-state index in [0.717, 1.165) is 6.42 Å². The van der Waals surface area contributed by atoms with Gasteiger partial charge in [-0.3, -0.25) is 0 Å². The predicted molar refractivity (Wildman–Crippen MR) is 50.4 cm³/mol. The molecule has 4 heteroatoms. The van der Waals surface area contributed by atoms with E-state index in [2.05, 4.69) is 5.32 Å². The average Bonchev–Trinajstić information content (AvgIpc) is 2.19. The van der Waals surface area contributed by atoms with Crippen LogP contribution < -0.4 is 5.32 Å². The van der Waals surface area contributed by atoms with Crippen molar-refractivity contribution in [2.24, 2.45) is 0 Å². The fourth-order valence-electron chi connectivity index (χ4n) is 1.11. The monoisotopic (exact) mass is 184 g/mol. The quantitative estimate of drug-likeness (QED) is 0.694. The Hall–Kier alpha value is -1.03. The fourth-order valence-corrected chi connectivity index (χ4v) is 1.11. The Balaban J connectivity index is 2.25. The van der Waals surface area contributed by atoms with E-state index in [4.69, 9.17) is 4.74 Å². The highest BCUT2D eigenvalue weighted by Crippen LogP contribution is 1.96. The first kappa shape index (κ1) is 10.1. The van der Waals surface area contributed by atoms with Crippen LogP contribution in [-0.4, -0.2) is 37.2 Å². The van der Waals surface area contributed by atoms with Crippen LogP contribution in [0.2, 0.25) is 0 Å². The van der Waals surface area contributed by atoms with Crippen molar-refractivity contribution in [1.29, 1.82) is 0 Å². The van der Waals surface area contributed by atoms with Crippen LogP contribution in [0.3, 0.4) is 0 Å². The molecule has 74 valence electrons. The van der Waals surface area contributed by atoms with Crippen molar-refractivity contribution < 1.29 is 9.53 Å². The van der Waals surface area contributed by atoms with Crippen LogP contribution in [0.4, 0.5) is 4.79 Å². The van der Waals surface area contributed by atoms with Crippen molar-refractivity contribution in [2.75, 3.05) is 26.3 Å². The first-order chi connectivity index (χ1) is 6.34. The van der Waals surface area contributed by atoms with Gasteiger partial charge in [-0.15, -0.1) is 0 Å². The van der Waals surface area contributed by atoms with E-state index < -0.39 is 0 Å². The molecule has 0 unspecified atom stereocenters. The Morgan fingerprint density at radius 2 is 2.23 bits per heavy atom. The molecule has 1 rings (SSSR count). The number of nitrogens with zero attached hydrogens (tertiary/aromatic N) is 1. The van der Waals surface area contributed by atoms with Gasteiger partial charge in [0.15, 0.2) is 0 Å².